The molecule has 2 heteroatoms. The molecule has 0 aromatic rings. The van der Waals surface area contributed by atoms with E-state index in [0.717, 1.165) is 19.3 Å². The predicted molar refractivity (Wildman–Crippen MR) is 55.1 cm³/mol. The summed E-state index contributed by atoms with van der Waals surface area (Å²) in [7, 11) is 0. The van der Waals surface area contributed by atoms with Gasteiger partial charge in [0.15, 0.2) is 0 Å². The van der Waals surface area contributed by atoms with E-state index in [9.17, 15) is 4.79 Å². The van der Waals surface area contributed by atoms with Gasteiger partial charge < -0.3 is 5.32 Å². The second kappa shape index (κ2) is 7.67. The minimum absolute atomic E-state index is 0.145. The number of hydrogen-bond donors (Lipinski definition) is 1. The quantitative estimate of drug-likeness (QED) is 0.492. The highest BCUT2D eigenvalue weighted by Gasteiger charge is 2.05. The van der Waals surface area contributed by atoms with Crippen LogP contribution >= 0.6 is 0 Å². The van der Waals surface area contributed by atoms with Crippen molar-refractivity contribution in [3.05, 3.63) is 0 Å². The first kappa shape index (κ1) is 12.0. The fourth-order valence-electron chi connectivity index (χ4n) is 0.951. The second-order valence-electron chi connectivity index (χ2n) is 3.38. The third-order valence-electron chi connectivity index (χ3n) is 2.05. The maximum absolute atomic E-state index is 11.2. The molecule has 0 spiro atoms. The van der Waals surface area contributed by atoms with Gasteiger partial charge in [0.2, 0.25) is 5.91 Å². The predicted octanol–water partition coefficient (Wildman–Crippen LogP) is 1.95. The van der Waals surface area contributed by atoms with E-state index in [1.165, 1.54) is 0 Å². The molecule has 0 aliphatic heterocycles. The number of unbranched alkanes of at least 4 members (excludes halogenated alkanes) is 1. The van der Waals surface area contributed by atoms with Crippen LogP contribution in [-0.4, -0.2) is 12.5 Å². The fraction of sp³-hybridized carbons (Fsp3) is 0.727. The Kier molecular flexibility index (Phi) is 7.10. The summed E-state index contributed by atoms with van der Waals surface area (Å²) in [6.07, 6.45) is 8.39. The van der Waals surface area contributed by atoms with E-state index in [1.54, 1.807) is 0 Å². The van der Waals surface area contributed by atoms with Crippen LogP contribution in [0, 0.1) is 18.3 Å². The van der Waals surface area contributed by atoms with E-state index in [4.69, 9.17) is 6.42 Å². The Balaban J connectivity index is 3.36. The minimum atomic E-state index is 0.145. The summed E-state index contributed by atoms with van der Waals surface area (Å²) in [4.78, 5) is 11.2. The van der Waals surface area contributed by atoms with E-state index in [0.29, 0.717) is 18.9 Å². The standard InChI is InChI=1S/C11H19NO/c1-4-6-7-8-12-11(13)9-10(3)5-2/h1,10H,5-9H2,2-3H3,(H,12,13). The molecular weight excluding hydrogens is 162 g/mol. The van der Waals surface area contributed by atoms with Crippen LogP contribution in [0.3, 0.4) is 0 Å². The van der Waals surface area contributed by atoms with Crippen molar-refractivity contribution in [1.29, 1.82) is 0 Å². The molecule has 1 N–H and O–H groups in total. The van der Waals surface area contributed by atoms with Crippen molar-refractivity contribution < 1.29 is 4.79 Å². The molecule has 0 bridgehead atoms. The molecule has 0 saturated heterocycles. The number of terminal acetylenes is 1. The molecule has 0 heterocycles. The van der Waals surface area contributed by atoms with Crippen molar-refractivity contribution in [3.63, 3.8) is 0 Å². The highest BCUT2D eigenvalue weighted by atomic mass is 16.1. The van der Waals surface area contributed by atoms with Gasteiger partial charge in [-0.15, -0.1) is 12.3 Å². The number of carbonyl (C=O) groups is 1. The number of amides is 1. The average molecular weight is 181 g/mol. The highest BCUT2D eigenvalue weighted by molar-refractivity contribution is 5.76. The Morgan fingerprint density at radius 3 is 2.85 bits per heavy atom. The summed E-state index contributed by atoms with van der Waals surface area (Å²) < 4.78 is 0. The molecule has 2 nitrogen and oxygen atoms in total. The lowest BCUT2D eigenvalue weighted by molar-refractivity contribution is -0.121. The van der Waals surface area contributed by atoms with Gasteiger partial charge in [0.25, 0.3) is 0 Å². The van der Waals surface area contributed by atoms with Crippen molar-refractivity contribution in [2.24, 2.45) is 5.92 Å². The van der Waals surface area contributed by atoms with Crippen LogP contribution in [0.1, 0.15) is 39.5 Å². The van der Waals surface area contributed by atoms with Crippen LogP contribution in [0.4, 0.5) is 0 Å². The molecular formula is C11H19NO. The monoisotopic (exact) mass is 181 g/mol. The SMILES string of the molecule is C#CCCCNC(=O)CC(C)CC. The van der Waals surface area contributed by atoms with E-state index in [2.05, 4.69) is 25.1 Å². The Morgan fingerprint density at radius 1 is 1.62 bits per heavy atom. The lowest BCUT2D eigenvalue weighted by atomic mass is 10.1. The fourth-order valence-corrected chi connectivity index (χ4v) is 0.951. The molecule has 0 aromatic heterocycles. The van der Waals surface area contributed by atoms with Gasteiger partial charge >= 0.3 is 0 Å². The zero-order valence-corrected chi connectivity index (χ0v) is 8.60. The highest BCUT2D eigenvalue weighted by Crippen LogP contribution is 2.05. The minimum Gasteiger partial charge on any atom is -0.356 e. The molecule has 0 saturated carbocycles. The van der Waals surface area contributed by atoms with Gasteiger partial charge in [0.1, 0.15) is 0 Å². The lowest BCUT2D eigenvalue weighted by Crippen LogP contribution is -2.25. The zero-order chi connectivity index (χ0) is 10.1. The molecule has 0 aromatic carbocycles. The molecule has 1 unspecified atom stereocenters. The largest absolute Gasteiger partial charge is 0.356 e. The van der Waals surface area contributed by atoms with Crippen LogP contribution in [0.5, 0.6) is 0 Å². The van der Waals surface area contributed by atoms with E-state index < -0.39 is 0 Å². The van der Waals surface area contributed by atoms with Crippen LogP contribution in [0.2, 0.25) is 0 Å². The topological polar surface area (TPSA) is 29.1 Å². The zero-order valence-electron chi connectivity index (χ0n) is 8.60. The van der Waals surface area contributed by atoms with Gasteiger partial charge in [-0.2, -0.15) is 0 Å². The third-order valence-corrected chi connectivity index (χ3v) is 2.05. The van der Waals surface area contributed by atoms with Crippen LogP contribution in [-0.2, 0) is 4.79 Å². The number of carbonyl (C=O) groups excluding carboxylic acids is 1. The summed E-state index contributed by atoms with van der Waals surface area (Å²) in [6, 6.07) is 0. The first-order valence-electron chi connectivity index (χ1n) is 4.90. The van der Waals surface area contributed by atoms with Crippen molar-refractivity contribution in [3.8, 4) is 12.3 Å². The summed E-state index contributed by atoms with van der Waals surface area (Å²) >= 11 is 0. The van der Waals surface area contributed by atoms with E-state index in [1.807, 2.05) is 0 Å². The maximum Gasteiger partial charge on any atom is 0.220 e. The maximum atomic E-state index is 11.2. The van der Waals surface area contributed by atoms with Crippen molar-refractivity contribution in [2.75, 3.05) is 6.54 Å². The van der Waals surface area contributed by atoms with Gasteiger partial charge in [-0.3, -0.25) is 4.79 Å². The molecule has 0 fully saturated rings. The van der Waals surface area contributed by atoms with Gasteiger partial charge in [0, 0.05) is 19.4 Å². The van der Waals surface area contributed by atoms with Gasteiger partial charge in [-0.1, -0.05) is 20.3 Å². The lowest BCUT2D eigenvalue weighted by Gasteiger charge is -2.08. The molecule has 1 amide bonds. The average Bonchev–Trinajstić information content (AvgIpc) is 2.12. The van der Waals surface area contributed by atoms with Crippen LogP contribution in [0.25, 0.3) is 0 Å². The van der Waals surface area contributed by atoms with Crippen molar-refractivity contribution in [2.45, 2.75) is 39.5 Å². The Hall–Kier alpha value is -0.970. The molecule has 74 valence electrons. The van der Waals surface area contributed by atoms with Crippen molar-refractivity contribution >= 4 is 5.91 Å². The first-order valence-corrected chi connectivity index (χ1v) is 4.90. The van der Waals surface area contributed by atoms with Gasteiger partial charge in [0.05, 0.1) is 0 Å². The summed E-state index contributed by atoms with van der Waals surface area (Å²) in [5.41, 5.74) is 0. The number of rotatable bonds is 6. The molecule has 1 atom stereocenters. The summed E-state index contributed by atoms with van der Waals surface area (Å²) in [5.74, 6) is 3.17. The molecule has 13 heavy (non-hydrogen) atoms. The normalized spacial score (nSPS) is 11.8. The summed E-state index contributed by atoms with van der Waals surface area (Å²) in [5, 5.41) is 2.85. The van der Waals surface area contributed by atoms with Crippen LogP contribution in [0.15, 0.2) is 0 Å². The van der Waals surface area contributed by atoms with Gasteiger partial charge in [-0.05, 0) is 12.3 Å². The van der Waals surface area contributed by atoms with Gasteiger partial charge in [-0.25, -0.2) is 0 Å². The van der Waals surface area contributed by atoms with E-state index >= 15 is 0 Å². The smallest absolute Gasteiger partial charge is 0.220 e. The first-order chi connectivity index (χ1) is 6.20. The van der Waals surface area contributed by atoms with Crippen LogP contribution < -0.4 is 5.32 Å². The second-order valence-corrected chi connectivity index (χ2v) is 3.38. The summed E-state index contributed by atoms with van der Waals surface area (Å²) in [6.45, 7) is 4.89. The molecule has 0 aliphatic rings. The Bertz CT molecular complexity index is 181. The molecule has 0 rings (SSSR count). The number of nitrogens with one attached hydrogen (secondary N) is 1. The molecule has 0 radical (unpaired) electrons. The van der Waals surface area contributed by atoms with E-state index in [-0.39, 0.29) is 5.91 Å². The molecule has 0 aliphatic carbocycles. The Morgan fingerprint density at radius 2 is 2.31 bits per heavy atom. The Labute approximate surface area is 81.1 Å². The van der Waals surface area contributed by atoms with Crippen molar-refractivity contribution in [1.82, 2.24) is 5.32 Å². The third kappa shape index (κ3) is 7.39. The number of hydrogen-bond acceptors (Lipinski definition) is 1.